The van der Waals surface area contributed by atoms with E-state index in [0.717, 1.165) is 6.54 Å². The quantitative estimate of drug-likeness (QED) is 0.805. The Hall–Kier alpha value is -1.41. The molecule has 1 aromatic heterocycles. The molecule has 1 atom stereocenters. The average Bonchev–Trinajstić information content (AvgIpc) is 2.67. The molecule has 17 heavy (non-hydrogen) atoms. The van der Waals surface area contributed by atoms with E-state index in [0.29, 0.717) is 6.04 Å². The van der Waals surface area contributed by atoms with Gasteiger partial charge in [0.25, 0.3) is 0 Å². The molecule has 88 valence electrons. The second kappa shape index (κ2) is 4.84. The van der Waals surface area contributed by atoms with Gasteiger partial charge in [-0.15, -0.1) is 0 Å². The zero-order valence-electron chi connectivity index (χ0n) is 10.0. The van der Waals surface area contributed by atoms with Crippen LogP contribution in [0.5, 0.6) is 0 Å². The maximum Gasteiger partial charge on any atom is 0.0349 e. The van der Waals surface area contributed by atoms with Gasteiger partial charge in [-0.3, -0.25) is 4.98 Å². The molecule has 1 aliphatic heterocycles. The highest BCUT2D eigenvalue weighted by molar-refractivity contribution is 5.85. The van der Waals surface area contributed by atoms with Crippen LogP contribution in [0.2, 0.25) is 0 Å². The topological polar surface area (TPSA) is 24.9 Å². The van der Waals surface area contributed by atoms with Crippen LogP contribution in [-0.4, -0.2) is 11.5 Å². The minimum Gasteiger partial charge on any atom is -0.310 e. The van der Waals surface area contributed by atoms with Crippen LogP contribution >= 0.6 is 0 Å². The van der Waals surface area contributed by atoms with Crippen LogP contribution in [0.3, 0.4) is 0 Å². The summed E-state index contributed by atoms with van der Waals surface area (Å²) in [5.74, 6) is 0. The van der Waals surface area contributed by atoms with E-state index in [4.69, 9.17) is 0 Å². The van der Waals surface area contributed by atoms with E-state index in [1.54, 1.807) is 0 Å². The first kappa shape index (κ1) is 10.7. The van der Waals surface area contributed by atoms with E-state index >= 15 is 0 Å². The van der Waals surface area contributed by atoms with Crippen LogP contribution in [0.25, 0.3) is 10.8 Å². The summed E-state index contributed by atoms with van der Waals surface area (Å²) in [4.78, 5) is 4.26. The van der Waals surface area contributed by atoms with E-state index in [9.17, 15) is 0 Å². The van der Waals surface area contributed by atoms with E-state index in [1.807, 2.05) is 12.4 Å². The maximum atomic E-state index is 4.26. The molecule has 0 bridgehead atoms. The van der Waals surface area contributed by atoms with Crippen molar-refractivity contribution in [3.63, 3.8) is 0 Å². The highest BCUT2D eigenvalue weighted by Gasteiger charge is 2.15. The molecule has 2 heterocycles. The molecule has 1 fully saturated rings. The minimum absolute atomic E-state index is 0.505. The monoisotopic (exact) mass is 226 g/mol. The van der Waals surface area contributed by atoms with Gasteiger partial charge in [-0.25, -0.2) is 0 Å². The molecule has 1 N–H and O–H groups in total. The summed E-state index contributed by atoms with van der Waals surface area (Å²) < 4.78 is 0. The zero-order valence-corrected chi connectivity index (χ0v) is 10.0. The third kappa shape index (κ3) is 2.18. The van der Waals surface area contributed by atoms with E-state index in [-0.39, 0.29) is 0 Å². The van der Waals surface area contributed by atoms with Crippen molar-refractivity contribution in [3.05, 3.63) is 42.2 Å². The molecule has 1 aromatic carbocycles. The fourth-order valence-corrected chi connectivity index (χ4v) is 2.73. The van der Waals surface area contributed by atoms with Crippen LogP contribution in [0.1, 0.15) is 37.3 Å². The van der Waals surface area contributed by atoms with Crippen molar-refractivity contribution in [1.29, 1.82) is 0 Å². The molecule has 2 nitrogen and oxygen atoms in total. The maximum absolute atomic E-state index is 4.26. The largest absolute Gasteiger partial charge is 0.310 e. The Bertz CT molecular complexity index is 494. The highest BCUT2D eigenvalue weighted by Crippen LogP contribution is 2.28. The number of fused-ring (bicyclic) bond motifs is 1. The first-order valence-corrected chi connectivity index (χ1v) is 6.51. The van der Waals surface area contributed by atoms with Gasteiger partial charge in [0.05, 0.1) is 0 Å². The number of aromatic nitrogens is 1. The standard InChI is InChI=1S/C15H18N2/c1-2-7-15(17-9-3-1)13-6-4-5-12-8-10-16-11-14(12)13/h4-6,8,10-11,15,17H,1-3,7,9H2. The predicted molar refractivity (Wildman–Crippen MR) is 71.0 cm³/mol. The lowest BCUT2D eigenvalue weighted by Gasteiger charge is -2.18. The number of hydrogen-bond acceptors (Lipinski definition) is 2. The summed E-state index contributed by atoms with van der Waals surface area (Å²) in [6.07, 6.45) is 9.10. The molecule has 2 heteroatoms. The molecule has 2 aromatic rings. The molecule has 0 amide bonds. The molecule has 0 spiro atoms. The molecule has 0 saturated carbocycles. The number of rotatable bonds is 1. The average molecular weight is 226 g/mol. The third-order valence-corrected chi connectivity index (χ3v) is 3.65. The van der Waals surface area contributed by atoms with Crippen molar-refractivity contribution in [2.75, 3.05) is 6.54 Å². The Morgan fingerprint density at radius 3 is 3.12 bits per heavy atom. The number of pyridine rings is 1. The van der Waals surface area contributed by atoms with Crippen molar-refractivity contribution < 1.29 is 0 Å². The number of nitrogens with zero attached hydrogens (tertiary/aromatic N) is 1. The van der Waals surface area contributed by atoms with Gasteiger partial charge in [-0.05, 0) is 36.4 Å². The molecular weight excluding hydrogens is 208 g/mol. The normalized spacial score (nSPS) is 21.3. The first-order chi connectivity index (χ1) is 8.45. The molecule has 0 aliphatic carbocycles. The van der Waals surface area contributed by atoms with Crippen LogP contribution in [-0.2, 0) is 0 Å². The van der Waals surface area contributed by atoms with Gasteiger partial charge >= 0.3 is 0 Å². The Kier molecular flexibility index (Phi) is 3.06. The van der Waals surface area contributed by atoms with Crippen molar-refractivity contribution >= 4 is 10.8 Å². The Balaban J connectivity index is 2.03. The molecule has 1 aliphatic rings. The fourth-order valence-electron chi connectivity index (χ4n) is 2.73. The summed E-state index contributed by atoms with van der Waals surface area (Å²) in [6.45, 7) is 1.14. The van der Waals surface area contributed by atoms with Gasteiger partial charge in [-0.2, -0.15) is 0 Å². The first-order valence-electron chi connectivity index (χ1n) is 6.51. The van der Waals surface area contributed by atoms with Crippen molar-refractivity contribution in [2.45, 2.75) is 31.7 Å². The molecule has 1 unspecified atom stereocenters. The lowest BCUT2D eigenvalue weighted by molar-refractivity contribution is 0.538. The fraction of sp³-hybridized carbons (Fsp3) is 0.400. The second-order valence-corrected chi connectivity index (χ2v) is 4.80. The van der Waals surface area contributed by atoms with E-state index in [2.05, 4.69) is 34.6 Å². The predicted octanol–water partition coefficient (Wildman–Crippen LogP) is 3.44. The lowest BCUT2D eigenvalue weighted by atomic mass is 9.97. The summed E-state index contributed by atoms with van der Waals surface area (Å²) in [5, 5.41) is 6.26. The van der Waals surface area contributed by atoms with Crippen LogP contribution < -0.4 is 5.32 Å². The highest BCUT2D eigenvalue weighted by atomic mass is 14.9. The van der Waals surface area contributed by atoms with Crippen LogP contribution in [0, 0.1) is 0 Å². The Morgan fingerprint density at radius 2 is 2.12 bits per heavy atom. The zero-order chi connectivity index (χ0) is 11.5. The van der Waals surface area contributed by atoms with Crippen molar-refractivity contribution in [3.8, 4) is 0 Å². The van der Waals surface area contributed by atoms with Gasteiger partial charge in [-0.1, -0.05) is 31.0 Å². The molecule has 1 saturated heterocycles. The van der Waals surface area contributed by atoms with Gasteiger partial charge in [0, 0.05) is 23.8 Å². The van der Waals surface area contributed by atoms with Gasteiger partial charge in [0.2, 0.25) is 0 Å². The van der Waals surface area contributed by atoms with Crippen molar-refractivity contribution in [2.24, 2.45) is 0 Å². The lowest BCUT2D eigenvalue weighted by Crippen LogP contribution is -2.20. The number of hydrogen-bond donors (Lipinski definition) is 1. The Morgan fingerprint density at radius 1 is 1.12 bits per heavy atom. The number of benzene rings is 1. The SMILES string of the molecule is c1cc(C2CCCCCN2)c2cnccc2c1. The smallest absolute Gasteiger partial charge is 0.0349 e. The third-order valence-electron chi connectivity index (χ3n) is 3.65. The van der Waals surface area contributed by atoms with Crippen molar-refractivity contribution in [1.82, 2.24) is 10.3 Å². The summed E-state index contributed by atoms with van der Waals surface area (Å²) in [7, 11) is 0. The minimum atomic E-state index is 0.505. The second-order valence-electron chi connectivity index (χ2n) is 4.80. The molecule has 0 radical (unpaired) electrons. The van der Waals surface area contributed by atoms with Gasteiger partial charge in [0.1, 0.15) is 0 Å². The van der Waals surface area contributed by atoms with E-state index in [1.165, 1.54) is 42.0 Å². The summed E-state index contributed by atoms with van der Waals surface area (Å²) >= 11 is 0. The van der Waals surface area contributed by atoms with Gasteiger partial charge < -0.3 is 5.32 Å². The van der Waals surface area contributed by atoms with Gasteiger partial charge in [0.15, 0.2) is 0 Å². The van der Waals surface area contributed by atoms with Crippen LogP contribution in [0.4, 0.5) is 0 Å². The molecule has 3 rings (SSSR count). The Labute approximate surface area is 102 Å². The molecular formula is C15H18N2. The number of nitrogens with one attached hydrogen (secondary N) is 1. The summed E-state index contributed by atoms with van der Waals surface area (Å²) in [5.41, 5.74) is 1.41. The van der Waals surface area contributed by atoms with Crippen LogP contribution in [0.15, 0.2) is 36.7 Å². The summed E-state index contributed by atoms with van der Waals surface area (Å²) in [6, 6.07) is 9.16. The van der Waals surface area contributed by atoms with E-state index < -0.39 is 0 Å².